The van der Waals surface area contributed by atoms with Gasteiger partial charge in [0.2, 0.25) is 0 Å². The van der Waals surface area contributed by atoms with Crippen LogP contribution in [0, 0.1) is 0 Å². The van der Waals surface area contributed by atoms with Crippen LogP contribution in [0.25, 0.3) is 0 Å². The summed E-state index contributed by atoms with van der Waals surface area (Å²) in [5.41, 5.74) is -0.703. The Morgan fingerprint density at radius 3 is 2.75 bits per heavy atom. The first-order valence-electron chi connectivity index (χ1n) is 5.95. The molecule has 1 atom stereocenters. The van der Waals surface area contributed by atoms with E-state index in [1.165, 1.54) is 7.11 Å². The van der Waals surface area contributed by atoms with Crippen LogP contribution >= 0.6 is 0 Å². The van der Waals surface area contributed by atoms with Gasteiger partial charge in [-0.05, 0) is 33.2 Å². The van der Waals surface area contributed by atoms with Crippen molar-refractivity contribution in [3.8, 4) is 0 Å². The number of carbonyl (C=O) groups excluding carboxylic acids is 1. The van der Waals surface area contributed by atoms with E-state index in [0.717, 1.165) is 25.8 Å². The predicted octanol–water partition coefficient (Wildman–Crippen LogP) is 1.17. The van der Waals surface area contributed by atoms with Gasteiger partial charge in [0.25, 0.3) is 0 Å². The molecule has 0 aromatic heterocycles. The average molecular weight is 229 g/mol. The smallest absolute Gasteiger partial charge is 0.307 e. The summed E-state index contributed by atoms with van der Waals surface area (Å²) in [6.07, 6.45) is 3.76. The van der Waals surface area contributed by atoms with Gasteiger partial charge in [0.15, 0.2) is 0 Å². The topological polar surface area (TPSA) is 49.8 Å². The minimum atomic E-state index is -0.703. The van der Waals surface area contributed by atoms with E-state index in [0.29, 0.717) is 13.0 Å². The molecule has 4 nitrogen and oxygen atoms in total. The standard InChI is InChI=1S/C12H23NO3/c1-12(2,15)9-13-7-5-4-6-10(13)8-11(14)16-3/h10,15H,4-9H2,1-3H3. The fraction of sp³-hybridized carbons (Fsp3) is 0.917. The maximum atomic E-state index is 11.3. The molecule has 1 unspecified atom stereocenters. The molecule has 0 amide bonds. The van der Waals surface area contributed by atoms with Crippen molar-refractivity contribution in [3.63, 3.8) is 0 Å². The number of carbonyl (C=O) groups is 1. The van der Waals surface area contributed by atoms with Crippen molar-refractivity contribution in [2.45, 2.75) is 51.2 Å². The number of piperidine rings is 1. The number of methoxy groups -OCH3 is 1. The van der Waals surface area contributed by atoms with Gasteiger partial charge < -0.3 is 9.84 Å². The van der Waals surface area contributed by atoms with Crippen LogP contribution in [0.1, 0.15) is 39.5 Å². The third kappa shape index (κ3) is 4.49. The van der Waals surface area contributed by atoms with E-state index in [1.807, 2.05) is 0 Å². The van der Waals surface area contributed by atoms with Crippen molar-refractivity contribution >= 4 is 5.97 Å². The third-order valence-corrected chi connectivity index (χ3v) is 2.97. The first-order valence-corrected chi connectivity index (χ1v) is 5.95. The first kappa shape index (κ1) is 13.5. The summed E-state index contributed by atoms with van der Waals surface area (Å²) < 4.78 is 4.70. The van der Waals surface area contributed by atoms with E-state index in [9.17, 15) is 9.90 Å². The van der Waals surface area contributed by atoms with Gasteiger partial charge in [-0.15, -0.1) is 0 Å². The number of aliphatic hydroxyl groups is 1. The van der Waals surface area contributed by atoms with E-state index in [4.69, 9.17) is 4.74 Å². The third-order valence-electron chi connectivity index (χ3n) is 2.97. The van der Waals surface area contributed by atoms with Gasteiger partial charge in [-0.1, -0.05) is 6.42 Å². The van der Waals surface area contributed by atoms with Gasteiger partial charge in [0, 0.05) is 12.6 Å². The summed E-state index contributed by atoms with van der Waals surface area (Å²) in [6.45, 7) is 5.19. The summed E-state index contributed by atoms with van der Waals surface area (Å²) >= 11 is 0. The van der Waals surface area contributed by atoms with Gasteiger partial charge in [0.05, 0.1) is 19.1 Å². The van der Waals surface area contributed by atoms with Gasteiger partial charge in [-0.25, -0.2) is 0 Å². The molecule has 0 spiro atoms. The molecule has 1 aliphatic rings. The molecule has 0 radical (unpaired) electrons. The number of hydrogen-bond donors (Lipinski definition) is 1. The second-order valence-corrected chi connectivity index (χ2v) is 5.21. The summed E-state index contributed by atoms with van der Waals surface area (Å²) in [5, 5.41) is 9.82. The summed E-state index contributed by atoms with van der Waals surface area (Å²) in [4.78, 5) is 13.5. The Morgan fingerprint density at radius 2 is 2.19 bits per heavy atom. The van der Waals surface area contributed by atoms with Crippen LogP contribution in [0.5, 0.6) is 0 Å². The lowest BCUT2D eigenvalue weighted by Crippen LogP contribution is -2.47. The molecule has 16 heavy (non-hydrogen) atoms. The Balaban J connectivity index is 2.53. The van der Waals surface area contributed by atoms with Crippen LogP contribution in [0.2, 0.25) is 0 Å². The summed E-state index contributed by atoms with van der Waals surface area (Å²) in [6, 6.07) is 0.229. The second kappa shape index (κ2) is 5.64. The first-order chi connectivity index (χ1) is 7.42. The second-order valence-electron chi connectivity index (χ2n) is 5.21. The molecular weight excluding hydrogens is 206 g/mol. The van der Waals surface area contributed by atoms with E-state index in [1.54, 1.807) is 13.8 Å². The van der Waals surface area contributed by atoms with Crippen molar-refractivity contribution in [3.05, 3.63) is 0 Å². The minimum Gasteiger partial charge on any atom is -0.469 e. The molecule has 0 aromatic carbocycles. The molecule has 0 aromatic rings. The minimum absolute atomic E-state index is 0.160. The lowest BCUT2D eigenvalue weighted by Gasteiger charge is -2.38. The maximum Gasteiger partial charge on any atom is 0.307 e. The Morgan fingerprint density at radius 1 is 1.50 bits per heavy atom. The highest BCUT2D eigenvalue weighted by atomic mass is 16.5. The molecule has 1 heterocycles. The zero-order chi connectivity index (χ0) is 12.2. The number of ether oxygens (including phenoxy) is 1. The number of likely N-dealkylation sites (tertiary alicyclic amines) is 1. The van der Waals surface area contributed by atoms with Crippen molar-refractivity contribution in [2.75, 3.05) is 20.2 Å². The van der Waals surface area contributed by atoms with E-state index in [-0.39, 0.29) is 12.0 Å². The van der Waals surface area contributed by atoms with Crippen LogP contribution in [0.3, 0.4) is 0 Å². The Bertz CT molecular complexity index is 235. The zero-order valence-corrected chi connectivity index (χ0v) is 10.5. The molecule has 4 heteroatoms. The van der Waals surface area contributed by atoms with Crippen molar-refractivity contribution < 1.29 is 14.6 Å². The molecule has 1 rings (SSSR count). The largest absolute Gasteiger partial charge is 0.469 e. The Labute approximate surface area is 97.6 Å². The summed E-state index contributed by atoms with van der Waals surface area (Å²) in [7, 11) is 1.42. The van der Waals surface area contributed by atoms with Crippen LogP contribution in [0.4, 0.5) is 0 Å². The molecule has 94 valence electrons. The normalized spacial score (nSPS) is 23.1. The quantitative estimate of drug-likeness (QED) is 0.735. The predicted molar refractivity (Wildman–Crippen MR) is 62.1 cm³/mol. The van der Waals surface area contributed by atoms with Crippen LogP contribution in [0.15, 0.2) is 0 Å². The average Bonchev–Trinajstić information content (AvgIpc) is 2.18. The molecule has 0 bridgehead atoms. The van der Waals surface area contributed by atoms with Crippen molar-refractivity contribution in [1.29, 1.82) is 0 Å². The maximum absolute atomic E-state index is 11.3. The lowest BCUT2D eigenvalue weighted by atomic mass is 9.97. The number of rotatable bonds is 4. The zero-order valence-electron chi connectivity index (χ0n) is 10.5. The molecule has 0 aliphatic carbocycles. The van der Waals surface area contributed by atoms with Gasteiger partial charge in [-0.2, -0.15) is 0 Å². The Hall–Kier alpha value is -0.610. The lowest BCUT2D eigenvalue weighted by molar-refractivity contribution is -0.142. The number of hydrogen-bond acceptors (Lipinski definition) is 4. The highest BCUT2D eigenvalue weighted by molar-refractivity contribution is 5.69. The van der Waals surface area contributed by atoms with Gasteiger partial charge >= 0.3 is 5.97 Å². The fourth-order valence-corrected chi connectivity index (χ4v) is 2.27. The van der Waals surface area contributed by atoms with Gasteiger partial charge in [-0.3, -0.25) is 9.69 Å². The molecule has 1 saturated heterocycles. The highest BCUT2D eigenvalue weighted by Crippen LogP contribution is 2.22. The monoisotopic (exact) mass is 229 g/mol. The Kier molecular flexibility index (Phi) is 4.74. The highest BCUT2D eigenvalue weighted by Gasteiger charge is 2.28. The number of β-amino-alcohol motifs (C(OH)–C–C–N with tert-alkyl or cyclic N) is 1. The SMILES string of the molecule is COC(=O)CC1CCCCN1CC(C)(C)O. The fourth-order valence-electron chi connectivity index (χ4n) is 2.27. The summed E-state index contributed by atoms with van der Waals surface area (Å²) in [5.74, 6) is -0.160. The van der Waals surface area contributed by atoms with Crippen LogP contribution in [-0.4, -0.2) is 47.8 Å². The van der Waals surface area contributed by atoms with Crippen LogP contribution in [-0.2, 0) is 9.53 Å². The molecule has 1 N–H and O–H groups in total. The molecular formula is C12H23NO3. The van der Waals surface area contributed by atoms with E-state index >= 15 is 0 Å². The molecule has 1 aliphatic heterocycles. The van der Waals surface area contributed by atoms with E-state index < -0.39 is 5.60 Å². The van der Waals surface area contributed by atoms with Gasteiger partial charge in [0.1, 0.15) is 0 Å². The number of esters is 1. The van der Waals surface area contributed by atoms with E-state index in [2.05, 4.69) is 4.90 Å². The molecule has 0 saturated carbocycles. The van der Waals surface area contributed by atoms with Crippen molar-refractivity contribution in [2.24, 2.45) is 0 Å². The molecule has 1 fully saturated rings. The number of nitrogens with zero attached hydrogens (tertiary/aromatic N) is 1. The van der Waals surface area contributed by atoms with Crippen LogP contribution < -0.4 is 0 Å². The van der Waals surface area contributed by atoms with Crippen molar-refractivity contribution in [1.82, 2.24) is 4.90 Å².